The SMILES string of the molecule is CC(N)CCCCCCCOOC(N)O. The van der Waals surface area contributed by atoms with Gasteiger partial charge >= 0.3 is 0 Å². The third kappa shape index (κ3) is 13.8. The Kier molecular flexibility index (Phi) is 10.2. The molecule has 0 aromatic heterocycles. The minimum atomic E-state index is -1.34. The Labute approximate surface area is 91.7 Å². The maximum atomic E-state index is 8.50. The zero-order chi connectivity index (χ0) is 11.5. The van der Waals surface area contributed by atoms with E-state index >= 15 is 0 Å². The third-order valence-corrected chi connectivity index (χ3v) is 2.05. The largest absolute Gasteiger partial charge is 0.354 e. The molecule has 0 rings (SSSR count). The summed E-state index contributed by atoms with van der Waals surface area (Å²) in [6, 6.07) is 0.313. The van der Waals surface area contributed by atoms with Crippen molar-refractivity contribution in [2.45, 2.75) is 57.9 Å². The highest BCUT2D eigenvalue weighted by molar-refractivity contribution is 4.53. The number of aliphatic hydroxyl groups is 1. The van der Waals surface area contributed by atoms with Crippen molar-refractivity contribution in [3.8, 4) is 0 Å². The first-order valence-corrected chi connectivity index (χ1v) is 5.60. The topological polar surface area (TPSA) is 90.7 Å². The smallest absolute Gasteiger partial charge is 0.242 e. The average molecular weight is 220 g/mol. The minimum Gasteiger partial charge on any atom is -0.354 e. The highest BCUT2D eigenvalue weighted by Crippen LogP contribution is 2.06. The molecule has 0 aliphatic heterocycles. The number of aliphatic hydroxyl groups excluding tert-OH is 1. The molecule has 0 aromatic rings. The van der Waals surface area contributed by atoms with Gasteiger partial charge in [-0.1, -0.05) is 25.7 Å². The Bertz CT molecular complexity index is 118. The molecular formula is C10H24N2O3. The number of hydrogen-bond acceptors (Lipinski definition) is 5. The molecule has 2 atom stereocenters. The van der Waals surface area contributed by atoms with Gasteiger partial charge < -0.3 is 10.8 Å². The standard InChI is InChI=1S/C10H24N2O3/c1-9(11)7-5-3-2-4-6-8-14-15-10(12)13/h9-10,13H,2-8,11-12H2,1H3. The van der Waals surface area contributed by atoms with Gasteiger partial charge in [-0.25, -0.2) is 4.89 Å². The summed E-state index contributed by atoms with van der Waals surface area (Å²) < 4.78 is 0. The van der Waals surface area contributed by atoms with Gasteiger partial charge in [0.2, 0.25) is 6.41 Å². The minimum absolute atomic E-state index is 0.313. The third-order valence-electron chi connectivity index (χ3n) is 2.05. The fourth-order valence-corrected chi connectivity index (χ4v) is 1.28. The van der Waals surface area contributed by atoms with Crippen LogP contribution in [0.2, 0.25) is 0 Å². The number of hydrogen-bond donors (Lipinski definition) is 3. The molecule has 0 aromatic carbocycles. The van der Waals surface area contributed by atoms with Crippen LogP contribution < -0.4 is 11.5 Å². The van der Waals surface area contributed by atoms with Crippen LogP contribution >= 0.6 is 0 Å². The summed E-state index contributed by atoms with van der Waals surface area (Å²) in [7, 11) is 0. The molecule has 15 heavy (non-hydrogen) atoms. The number of rotatable bonds is 10. The van der Waals surface area contributed by atoms with E-state index in [0.29, 0.717) is 12.6 Å². The molecule has 0 radical (unpaired) electrons. The van der Waals surface area contributed by atoms with Gasteiger partial charge in [0.25, 0.3) is 0 Å². The summed E-state index contributed by atoms with van der Waals surface area (Å²) in [5.74, 6) is 0. The van der Waals surface area contributed by atoms with Crippen molar-refractivity contribution < 1.29 is 14.9 Å². The lowest BCUT2D eigenvalue weighted by atomic mass is 10.1. The Morgan fingerprint density at radius 2 is 1.67 bits per heavy atom. The molecule has 5 N–H and O–H groups in total. The monoisotopic (exact) mass is 220 g/mol. The fraction of sp³-hybridized carbons (Fsp3) is 1.00. The lowest BCUT2D eigenvalue weighted by Crippen LogP contribution is -2.22. The maximum absolute atomic E-state index is 8.50. The van der Waals surface area contributed by atoms with Crippen molar-refractivity contribution in [1.82, 2.24) is 0 Å². The fourth-order valence-electron chi connectivity index (χ4n) is 1.28. The summed E-state index contributed by atoms with van der Waals surface area (Å²) in [6.07, 6.45) is 5.36. The molecule has 5 heteroatoms. The molecule has 0 aliphatic rings. The van der Waals surface area contributed by atoms with Crippen LogP contribution in [0.15, 0.2) is 0 Å². The van der Waals surface area contributed by atoms with E-state index in [1.165, 1.54) is 19.3 Å². The van der Waals surface area contributed by atoms with Crippen LogP contribution in [0.3, 0.4) is 0 Å². The first kappa shape index (κ1) is 14.8. The van der Waals surface area contributed by atoms with Gasteiger partial charge in [-0.15, -0.1) is 0 Å². The van der Waals surface area contributed by atoms with Crippen molar-refractivity contribution >= 4 is 0 Å². The molecule has 0 fully saturated rings. The van der Waals surface area contributed by atoms with Crippen LogP contribution in [-0.4, -0.2) is 24.2 Å². The molecule has 92 valence electrons. The van der Waals surface area contributed by atoms with Gasteiger partial charge in [0.1, 0.15) is 0 Å². The van der Waals surface area contributed by atoms with Crippen LogP contribution in [0.4, 0.5) is 0 Å². The van der Waals surface area contributed by atoms with E-state index in [0.717, 1.165) is 19.3 Å². The van der Waals surface area contributed by atoms with E-state index in [1.54, 1.807) is 0 Å². The van der Waals surface area contributed by atoms with Gasteiger partial charge in [-0.2, -0.15) is 4.89 Å². The molecule has 0 saturated heterocycles. The van der Waals surface area contributed by atoms with Gasteiger partial charge in [0.15, 0.2) is 0 Å². The second-order valence-corrected chi connectivity index (χ2v) is 3.84. The quantitative estimate of drug-likeness (QED) is 0.220. The summed E-state index contributed by atoms with van der Waals surface area (Å²) in [5.41, 5.74) is 10.5. The second-order valence-electron chi connectivity index (χ2n) is 3.84. The number of nitrogens with two attached hydrogens (primary N) is 2. The molecule has 2 unspecified atom stereocenters. The molecule has 5 nitrogen and oxygen atoms in total. The predicted octanol–water partition coefficient (Wildman–Crippen LogP) is 0.857. The normalized spacial score (nSPS) is 15.2. The van der Waals surface area contributed by atoms with Crippen LogP contribution in [0.25, 0.3) is 0 Å². The molecule has 0 heterocycles. The van der Waals surface area contributed by atoms with Gasteiger partial charge in [-0.05, 0) is 19.8 Å². The van der Waals surface area contributed by atoms with Crippen molar-refractivity contribution in [3.05, 3.63) is 0 Å². The Morgan fingerprint density at radius 3 is 2.27 bits per heavy atom. The van der Waals surface area contributed by atoms with Gasteiger partial charge in [0.05, 0.1) is 6.61 Å². The zero-order valence-electron chi connectivity index (χ0n) is 9.52. The van der Waals surface area contributed by atoms with Crippen molar-refractivity contribution in [3.63, 3.8) is 0 Å². The first-order chi connectivity index (χ1) is 7.13. The Hall–Kier alpha value is -0.200. The highest BCUT2D eigenvalue weighted by Gasteiger charge is 1.97. The van der Waals surface area contributed by atoms with Crippen molar-refractivity contribution in [1.29, 1.82) is 0 Å². The van der Waals surface area contributed by atoms with Gasteiger partial charge in [-0.3, -0.25) is 5.73 Å². The van der Waals surface area contributed by atoms with Crippen LogP contribution in [0, 0.1) is 0 Å². The highest BCUT2D eigenvalue weighted by atomic mass is 17.2. The van der Waals surface area contributed by atoms with E-state index in [4.69, 9.17) is 16.6 Å². The molecular weight excluding hydrogens is 196 g/mol. The predicted molar refractivity (Wildman–Crippen MR) is 58.6 cm³/mol. The van der Waals surface area contributed by atoms with Crippen molar-refractivity contribution in [2.24, 2.45) is 11.5 Å². The van der Waals surface area contributed by atoms with E-state index in [-0.39, 0.29) is 0 Å². The second kappa shape index (κ2) is 10.3. The summed E-state index contributed by atoms with van der Waals surface area (Å²) in [6.45, 7) is 2.50. The summed E-state index contributed by atoms with van der Waals surface area (Å²) >= 11 is 0. The molecule has 0 spiro atoms. The Balaban J connectivity index is 2.93. The Morgan fingerprint density at radius 1 is 1.07 bits per heavy atom. The summed E-state index contributed by atoms with van der Waals surface area (Å²) in [4.78, 5) is 8.96. The molecule has 0 saturated carbocycles. The van der Waals surface area contributed by atoms with E-state index < -0.39 is 6.41 Å². The van der Waals surface area contributed by atoms with E-state index in [1.807, 2.05) is 6.92 Å². The molecule has 0 amide bonds. The van der Waals surface area contributed by atoms with Crippen LogP contribution in [-0.2, 0) is 9.78 Å². The molecule has 0 aliphatic carbocycles. The van der Waals surface area contributed by atoms with E-state index in [2.05, 4.69) is 9.78 Å². The average Bonchev–Trinajstić information content (AvgIpc) is 2.14. The number of unbranched alkanes of at least 4 members (excludes halogenated alkanes) is 4. The summed E-state index contributed by atoms with van der Waals surface area (Å²) in [5, 5.41) is 8.50. The molecule has 0 bridgehead atoms. The van der Waals surface area contributed by atoms with Crippen molar-refractivity contribution in [2.75, 3.05) is 6.61 Å². The first-order valence-electron chi connectivity index (χ1n) is 5.60. The zero-order valence-corrected chi connectivity index (χ0v) is 9.52. The van der Waals surface area contributed by atoms with Crippen LogP contribution in [0.5, 0.6) is 0 Å². The lowest BCUT2D eigenvalue weighted by Gasteiger charge is -2.06. The van der Waals surface area contributed by atoms with E-state index in [9.17, 15) is 0 Å². The van der Waals surface area contributed by atoms with Crippen LogP contribution in [0.1, 0.15) is 45.4 Å². The lowest BCUT2D eigenvalue weighted by molar-refractivity contribution is -0.368. The van der Waals surface area contributed by atoms with Gasteiger partial charge in [0, 0.05) is 6.04 Å². The maximum Gasteiger partial charge on any atom is 0.242 e.